The summed E-state index contributed by atoms with van der Waals surface area (Å²) in [7, 11) is 0. The van der Waals surface area contributed by atoms with Crippen molar-refractivity contribution in [1.82, 2.24) is 10.6 Å². The number of aliphatic carboxylic acids is 1. The first-order valence-electron chi connectivity index (χ1n) is 6.17. The topological polar surface area (TPSA) is 182 Å². The number of carbonyl (C=O) groups is 5. The summed E-state index contributed by atoms with van der Waals surface area (Å²) in [6.07, 6.45) is -1.01. The Kier molecular flexibility index (Phi) is 8.60. The van der Waals surface area contributed by atoms with Gasteiger partial charge in [-0.25, -0.2) is 0 Å². The summed E-state index contributed by atoms with van der Waals surface area (Å²) in [5.74, 6) is -4.69. The highest BCUT2D eigenvalue weighted by atomic mass is 32.1. The van der Waals surface area contributed by atoms with Crippen molar-refractivity contribution in [2.75, 3.05) is 5.75 Å². The maximum atomic E-state index is 12.0. The van der Waals surface area contributed by atoms with Crippen LogP contribution in [-0.2, 0) is 24.0 Å². The Hall–Kier alpha value is -2.30. The van der Waals surface area contributed by atoms with Gasteiger partial charge in [0.1, 0.15) is 12.1 Å². The molecule has 0 aliphatic carbocycles. The molecular weight excluding hydrogens is 316 g/mol. The fraction of sp³-hybridized carbons (Fsp3) is 0.545. The van der Waals surface area contributed by atoms with Crippen LogP contribution in [0.25, 0.3) is 0 Å². The number of primary amides is 2. The Morgan fingerprint density at radius 3 is 2.05 bits per heavy atom. The van der Waals surface area contributed by atoms with Gasteiger partial charge in [-0.15, -0.1) is 0 Å². The molecule has 0 unspecified atom stereocenters. The molecule has 0 saturated carbocycles. The molecule has 0 aliphatic rings. The minimum Gasteiger partial charge on any atom is -0.481 e. The predicted octanol–water partition coefficient (Wildman–Crippen LogP) is -2.89. The molecule has 22 heavy (non-hydrogen) atoms. The van der Waals surface area contributed by atoms with Crippen molar-refractivity contribution in [2.45, 2.75) is 31.3 Å². The van der Waals surface area contributed by atoms with Crippen LogP contribution in [0.1, 0.15) is 19.3 Å². The highest BCUT2D eigenvalue weighted by Gasteiger charge is 2.27. The molecule has 11 heteroatoms. The number of thiol groups is 1. The summed E-state index contributed by atoms with van der Waals surface area (Å²) >= 11 is 3.73. The summed E-state index contributed by atoms with van der Waals surface area (Å²) in [6.45, 7) is 0. The number of carboxylic acid groups (broad SMARTS) is 1. The van der Waals surface area contributed by atoms with Gasteiger partial charge in [-0.3, -0.25) is 24.0 Å². The van der Waals surface area contributed by atoms with Gasteiger partial charge < -0.3 is 27.2 Å². The van der Waals surface area contributed by atoms with E-state index in [0.717, 1.165) is 0 Å². The molecule has 0 aromatic rings. The average Bonchev–Trinajstić information content (AvgIpc) is 2.41. The number of nitrogens with one attached hydrogen (secondary N) is 2. The Morgan fingerprint density at radius 2 is 1.64 bits per heavy atom. The lowest BCUT2D eigenvalue weighted by Crippen LogP contribution is -2.53. The van der Waals surface area contributed by atoms with E-state index in [1.807, 2.05) is 0 Å². The third kappa shape index (κ3) is 8.09. The van der Waals surface area contributed by atoms with Crippen molar-refractivity contribution < 1.29 is 29.1 Å². The second kappa shape index (κ2) is 9.60. The van der Waals surface area contributed by atoms with E-state index in [2.05, 4.69) is 23.3 Å². The first-order chi connectivity index (χ1) is 10.2. The summed E-state index contributed by atoms with van der Waals surface area (Å²) < 4.78 is 0. The zero-order chi connectivity index (χ0) is 17.3. The summed E-state index contributed by atoms with van der Waals surface area (Å²) in [5, 5.41) is 13.0. The van der Waals surface area contributed by atoms with E-state index in [-0.39, 0.29) is 18.6 Å². The average molecular weight is 334 g/mol. The van der Waals surface area contributed by atoms with Crippen LogP contribution in [0, 0.1) is 0 Å². The van der Waals surface area contributed by atoms with Crippen molar-refractivity contribution in [3.63, 3.8) is 0 Å². The molecule has 4 amide bonds. The number of hydrogen-bond donors (Lipinski definition) is 6. The van der Waals surface area contributed by atoms with E-state index in [9.17, 15) is 24.0 Å². The van der Waals surface area contributed by atoms with Crippen LogP contribution in [-0.4, -0.2) is 52.5 Å². The van der Waals surface area contributed by atoms with Gasteiger partial charge in [-0.1, -0.05) is 0 Å². The fourth-order valence-electron chi connectivity index (χ4n) is 1.47. The van der Waals surface area contributed by atoms with Crippen LogP contribution >= 0.6 is 12.6 Å². The van der Waals surface area contributed by atoms with E-state index >= 15 is 0 Å². The number of rotatable bonds is 10. The molecule has 0 spiro atoms. The second-order valence-corrected chi connectivity index (χ2v) is 4.66. The highest BCUT2D eigenvalue weighted by Crippen LogP contribution is 2.01. The van der Waals surface area contributed by atoms with Crippen molar-refractivity contribution in [2.24, 2.45) is 11.5 Å². The van der Waals surface area contributed by atoms with Gasteiger partial charge in [0, 0.05) is 6.42 Å². The number of hydrogen-bond acceptors (Lipinski definition) is 6. The monoisotopic (exact) mass is 334 g/mol. The fourth-order valence-corrected chi connectivity index (χ4v) is 1.56. The number of amides is 4. The Balaban J connectivity index is 4.90. The maximum Gasteiger partial charge on any atom is 0.305 e. The smallest absolute Gasteiger partial charge is 0.305 e. The van der Waals surface area contributed by atoms with Gasteiger partial charge in [-0.2, -0.15) is 12.6 Å². The van der Waals surface area contributed by atoms with Crippen molar-refractivity contribution in [3.8, 4) is 0 Å². The molecule has 0 saturated heterocycles. The first kappa shape index (κ1) is 19.7. The van der Waals surface area contributed by atoms with E-state index in [0.29, 0.717) is 0 Å². The van der Waals surface area contributed by atoms with Crippen molar-refractivity contribution in [3.05, 3.63) is 0 Å². The zero-order valence-corrected chi connectivity index (χ0v) is 12.5. The zero-order valence-electron chi connectivity index (χ0n) is 11.6. The third-order valence-electron chi connectivity index (χ3n) is 2.51. The Bertz CT molecular complexity index is 469. The molecule has 10 nitrogen and oxygen atoms in total. The van der Waals surface area contributed by atoms with Crippen LogP contribution in [0.5, 0.6) is 0 Å². The van der Waals surface area contributed by atoms with E-state index in [1.54, 1.807) is 0 Å². The van der Waals surface area contributed by atoms with Crippen LogP contribution in [0.4, 0.5) is 0 Å². The second-order valence-electron chi connectivity index (χ2n) is 4.34. The van der Waals surface area contributed by atoms with Gasteiger partial charge >= 0.3 is 5.97 Å². The Labute approximate surface area is 131 Å². The van der Waals surface area contributed by atoms with E-state index in [4.69, 9.17) is 16.6 Å². The minimum absolute atomic E-state index is 0.112. The molecule has 0 heterocycles. The number of carbonyl (C=O) groups excluding carboxylic acids is 4. The van der Waals surface area contributed by atoms with Crippen LogP contribution in [0.3, 0.4) is 0 Å². The van der Waals surface area contributed by atoms with Gasteiger partial charge in [0.15, 0.2) is 0 Å². The SMILES string of the molecule is NC(=O)CC[C@H](NC(=O)CS)C(=O)N[C@@H](CC(=O)O)C(N)=O. The van der Waals surface area contributed by atoms with Gasteiger partial charge in [-0.05, 0) is 6.42 Å². The molecule has 0 radical (unpaired) electrons. The largest absolute Gasteiger partial charge is 0.481 e. The molecule has 0 fully saturated rings. The molecule has 7 N–H and O–H groups in total. The van der Waals surface area contributed by atoms with Crippen LogP contribution in [0.2, 0.25) is 0 Å². The standard InChI is InChI=1S/C11H18N4O6S/c12-7(16)2-1-5(14-8(17)4-22)11(21)15-6(10(13)20)3-9(18)19/h5-6,22H,1-4H2,(H2,12,16)(H2,13,20)(H,14,17)(H,15,21)(H,18,19)/t5-,6-/m0/s1. The van der Waals surface area contributed by atoms with Gasteiger partial charge in [0.25, 0.3) is 0 Å². The normalized spacial score (nSPS) is 12.8. The lowest BCUT2D eigenvalue weighted by atomic mass is 10.1. The first-order valence-corrected chi connectivity index (χ1v) is 6.80. The lowest BCUT2D eigenvalue weighted by molar-refractivity contribution is -0.140. The van der Waals surface area contributed by atoms with Crippen molar-refractivity contribution >= 4 is 42.2 Å². The summed E-state index contributed by atoms with van der Waals surface area (Å²) in [6, 6.07) is -2.60. The number of nitrogens with two attached hydrogens (primary N) is 2. The summed E-state index contributed by atoms with van der Waals surface area (Å²) in [4.78, 5) is 55.8. The molecule has 2 atom stereocenters. The molecule has 124 valence electrons. The maximum absolute atomic E-state index is 12.0. The minimum atomic E-state index is -1.44. The molecular formula is C11H18N4O6S. The van der Waals surface area contributed by atoms with Gasteiger partial charge in [0.2, 0.25) is 23.6 Å². The van der Waals surface area contributed by atoms with E-state index in [1.165, 1.54) is 0 Å². The quantitative estimate of drug-likeness (QED) is 0.233. The summed E-state index contributed by atoms with van der Waals surface area (Å²) in [5.41, 5.74) is 9.96. The lowest BCUT2D eigenvalue weighted by Gasteiger charge is -2.20. The number of carboxylic acids is 1. The molecule has 0 rings (SSSR count). The van der Waals surface area contributed by atoms with E-state index < -0.39 is 48.1 Å². The van der Waals surface area contributed by atoms with Crippen LogP contribution < -0.4 is 22.1 Å². The predicted molar refractivity (Wildman–Crippen MR) is 77.6 cm³/mol. The third-order valence-corrected chi connectivity index (χ3v) is 2.80. The Morgan fingerprint density at radius 1 is 1.05 bits per heavy atom. The highest BCUT2D eigenvalue weighted by molar-refractivity contribution is 7.81. The molecule has 0 bridgehead atoms. The molecule has 0 aliphatic heterocycles. The molecule has 0 aromatic carbocycles. The van der Waals surface area contributed by atoms with Gasteiger partial charge in [0.05, 0.1) is 12.2 Å². The molecule has 0 aromatic heterocycles. The van der Waals surface area contributed by atoms with Crippen LogP contribution in [0.15, 0.2) is 0 Å². The van der Waals surface area contributed by atoms with Crippen molar-refractivity contribution in [1.29, 1.82) is 0 Å².